The van der Waals surface area contributed by atoms with E-state index >= 15 is 0 Å². The minimum absolute atomic E-state index is 0.00272. The van der Waals surface area contributed by atoms with E-state index in [4.69, 9.17) is 0 Å². The summed E-state index contributed by atoms with van der Waals surface area (Å²) in [4.78, 5) is 26.1. The van der Waals surface area contributed by atoms with E-state index < -0.39 is 5.97 Å². The van der Waals surface area contributed by atoms with E-state index in [1.807, 2.05) is 11.8 Å². The summed E-state index contributed by atoms with van der Waals surface area (Å²) in [6.45, 7) is 3.69. The molecule has 0 aromatic carbocycles. The molecule has 0 radical (unpaired) electrons. The molecule has 0 aliphatic heterocycles. The van der Waals surface area contributed by atoms with E-state index in [0.717, 1.165) is 13.0 Å². The average molecular weight is 237 g/mol. The number of halogens is 1. The second kappa shape index (κ2) is 8.67. The molecule has 0 aliphatic rings. The fourth-order valence-corrected chi connectivity index (χ4v) is 1.29. The minimum Gasteiger partial charge on any atom is -0.302 e. The highest BCUT2D eigenvalue weighted by molar-refractivity contribution is 7.96. The first-order valence-corrected chi connectivity index (χ1v) is 5.30. The van der Waals surface area contributed by atoms with Crippen molar-refractivity contribution in [1.29, 1.82) is 0 Å². The van der Waals surface area contributed by atoms with Gasteiger partial charge in [-0.3, -0.25) is 9.74 Å². The molecule has 0 saturated carbocycles. The number of hydrogen-bond donors (Lipinski definition) is 1. The molecule has 15 heavy (non-hydrogen) atoms. The van der Waals surface area contributed by atoms with E-state index in [1.54, 1.807) is 0 Å². The predicted octanol–water partition coefficient (Wildman–Crippen LogP) is 1.36. The Morgan fingerprint density at radius 1 is 1.27 bits per heavy atom. The molecule has 0 fully saturated rings. The summed E-state index contributed by atoms with van der Waals surface area (Å²) < 4.78 is 11.4. The van der Waals surface area contributed by atoms with Gasteiger partial charge in [0.15, 0.2) is 5.12 Å². The molecular weight excluding hydrogens is 221 g/mol. The van der Waals surface area contributed by atoms with Gasteiger partial charge >= 0.3 is 5.97 Å². The van der Waals surface area contributed by atoms with Crippen LogP contribution in [0.2, 0.25) is 0 Å². The summed E-state index contributed by atoms with van der Waals surface area (Å²) in [5.41, 5.74) is 0. The number of carbonyl (C=O) groups is 2. The maximum atomic E-state index is 11.4. The van der Waals surface area contributed by atoms with Crippen LogP contribution in [-0.4, -0.2) is 35.6 Å². The van der Waals surface area contributed by atoms with Crippen molar-refractivity contribution in [2.45, 2.75) is 26.2 Å². The van der Waals surface area contributed by atoms with E-state index in [-0.39, 0.29) is 11.5 Å². The summed E-state index contributed by atoms with van der Waals surface area (Å²) in [5.74, 6) is -0.881. The van der Waals surface area contributed by atoms with Crippen LogP contribution in [0.3, 0.4) is 0 Å². The Balaban J connectivity index is 3.81. The average Bonchev–Trinajstić information content (AvgIpc) is 2.21. The van der Waals surface area contributed by atoms with Gasteiger partial charge in [0.2, 0.25) is 0 Å². The van der Waals surface area contributed by atoms with Crippen LogP contribution in [0.15, 0.2) is 0 Å². The Morgan fingerprint density at radius 3 is 2.33 bits per heavy atom. The molecule has 0 saturated heterocycles. The molecule has 0 aromatic heterocycles. The van der Waals surface area contributed by atoms with Gasteiger partial charge in [0.25, 0.3) is 0 Å². The maximum absolute atomic E-state index is 11.4. The first kappa shape index (κ1) is 14.4. The molecule has 88 valence electrons. The van der Waals surface area contributed by atoms with Crippen LogP contribution >= 0.6 is 12.6 Å². The van der Waals surface area contributed by atoms with Gasteiger partial charge in [-0.05, 0) is 13.0 Å². The van der Waals surface area contributed by atoms with Crippen LogP contribution in [0.4, 0.5) is 4.53 Å². The summed E-state index contributed by atoms with van der Waals surface area (Å²) in [6, 6.07) is 0. The van der Waals surface area contributed by atoms with Crippen molar-refractivity contribution in [3.05, 3.63) is 0 Å². The second-order valence-corrected chi connectivity index (χ2v) is 3.68. The van der Waals surface area contributed by atoms with E-state index in [1.165, 1.54) is 0 Å². The van der Waals surface area contributed by atoms with Crippen LogP contribution in [0.5, 0.6) is 0 Å². The summed E-state index contributed by atoms with van der Waals surface area (Å²) in [6.07, 6.45) is 1.23. The highest BCUT2D eigenvalue weighted by atomic mass is 32.1. The van der Waals surface area contributed by atoms with Gasteiger partial charge in [0.1, 0.15) is 0 Å². The van der Waals surface area contributed by atoms with Gasteiger partial charge in [-0.2, -0.15) is 0 Å². The van der Waals surface area contributed by atoms with E-state index in [2.05, 4.69) is 17.6 Å². The number of hydrogen-bond acceptors (Lipinski definition) is 4. The minimum atomic E-state index is -0.881. The highest BCUT2D eigenvalue weighted by Gasteiger charge is 2.09. The number of thiol groups is 1. The SMILES string of the molecule is CCCN(CCC(=O)S)CCC(=O)OF. The lowest BCUT2D eigenvalue weighted by Gasteiger charge is -2.19. The topological polar surface area (TPSA) is 46.6 Å². The Kier molecular flexibility index (Phi) is 8.31. The Morgan fingerprint density at radius 2 is 1.87 bits per heavy atom. The van der Waals surface area contributed by atoms with Gasteiger partial charge in [-0.25, -0.2) is 4.79 Å². The van der Waals surface area contributed by atoms with Crippen LogP contribution < -0.4 is 0 Å². The number of rotatable bonds is 8. The first-order valence-electron chi connectivity index (χ1n) is 4.85. The summed E-state index contributed by atoms with van der Waals surface area (Å²) in [7, 11) is 0. The number of nitrogens with zero attached hydrogens (tertiary/aromatic N) is 1. The molecule has 0 N–H and O–H groups in total. The molecule has 0 bridgehead atoms. The molecule has 0 unspecified atom stereocenters. The second-order valence-electron chi connectivity index (χ2n) is 3.18. The molecule has 6 heteroatoms. The molecule has 0 spiro atoms. The zero-order chi connectivity index (χ0) is 11.7. The van der Waals surface area contributed by atoms with E-state index in [0.29, 0.717) is 19.5 Å². The van der Waals surface area contributed by atoms with Gasteiger partial charge in [-0.1, -0.05) is 6.92 Å². The van der Waals surface area contributed by atoms with Crippen molar-refractivity contribution in [3.8, 4) is 0 Å². The predicted molar refractivity (Wildman–Crippen MR) is 57.2 cm³/mol. The molecule has 0 aliphatic carbocycles. The molecule has 0 rings (SSSR count). The highest BCUT2D eigenvalue weighted by Crippen LogP contribution is 1.99. The lowest BCUT2D eigenvalue weighted by Crippen LogP contribution is -2.29. The van der Waals surface area contributed by atoms with Crippen LogP contribution in [0.25, 0.3) is 0 Å². The third-order valence-electron chi connectivity index (χ3n) is 1.90. The van der Waals surface area contributed by atoms with Crippen LogP contribution in [0.1, 0.15) is 26.2 Å². The fraction of sp³-hybridized carbons (Fsp3) is 0.778. The lowest BCUT2D eigenvalue weighted by molar-refractivity contribution is -0.183. The summed E-state index contributed by atoms with van der Waals surface area (Å²) in [5, 5.41) is -0.191. The van der Waals surface area contributed by atoms with Gasteiger partial charge in [0, 0.05) is 24.0 Å². The Labute approximate surface area is 94.1 Å². The lowest BCUT2D eigenvalue weighted by atomic mass is 10.3. The smallest absolute Gasteiger partial charge is 0.302 e. The van der Waals surface area contributed by atoms with Crippen molar-refractivity contribution in [2.75, 3.05) is 19.6 Å². The maximum Gasteiger partial charge on any atom is 0.350 e. The zero-order valence-electron chi connectivity index (χ0n) is 8.74. The van der Waals surface area contributed by atoms with Gasteiger partial charge in [0.05, 0.1) is 6.42 Å². The summed E-state index contributed by atoms with van der Waals surface area (Å²) >= 11 is 3.65. The van der Waals surface area contributed by atoms with Crippen molar-refractivity contribution in [1.82, 2.24) is 4.90 Å². The molecule has 0 atom stereocenters. The van der Waals surface area contributed by atoms with E-state index in [9.17, 15) is 14.1 Å². The molecule has 4 nitrogen and oxygen atoms in total. The third-order valence-corrected chi connectivity index (χ3v) is 2.12. The standard InChI is InChI=1S/C9H16FNO3S/c1-2-5-11(7-4-9(13)15)6-3-8(12)14-10/h2-7H2,1H3,(H,13,15). The molecule has 0 amide bonds. The molecular formula is C9H16FNO3S. The van der Waals surface area contributed by atoms with Gasteiger partial charge < -0.3 is 4.90 Å². The fourth-order valence-electron chi connectivity index (χ4n) is 1.19. The largest absolute Gasteiger partial charge is 0.350 e. The van der Waals surface area contributed by atoms with Crippen LogP contribution in [-0.2, 0) is 14.5 Å². The van der Waals surface area contributed by atoms with Gasteiger partial charge in [-0.15, -0.1) is 12.6 Å². The third kappa shape index (κ3) is 8.38. The van der Waals surface area contributed by atoms with Crippen LogP contribution in [0, 0.1) is 0 Å². The zero-order valence-corrected chi connectivity index (χ0v) is 9.63. The quantitative estimate of drug-likeness (QED) is 0.648. The first-order chi connectivity index (χ1) is 7.10. The normalized spacial score (nSPS) is 10.4. The number of carbonyl (C=O) groups excluding carboxylic acids is 2. The Hall–Kier alpha value is -0.620. The monoisotopic (exact) mass is 237 g/mol. The van der Waals surface area contributed by atoms with Crippen molar-refractivity contribution in [3.63, 3.8) is 0 Å². The van der Waals surface area contributed by atoms with Crippen molar-refractivity contribution in [2.24, 2.45) is 0 Å². The Bertz CT molecular complexity index is 214. The van der Waals surface area contributed by atoms with Crippen molar-refractivity contribution < 1.29 is 19.1 Å². The van der Waals surface area contributed by atoms with Crippen molar-refractivity contribution >= 4 is 23.7 Å². The molecule has 0 heterocycles. The molecule has 0 aromatic rings.